The summed E-state index contributed by atoms with van der Waals surface area (Å²) in [6, 6.07) is 0. The van der Waals surface area contributed by atoms with E-state index < -0.39 is 0 Å². The number of rotatable bonds is 0. The SMILES string of the molecule is S.[Cu].[GeH4].[SnH2]. The van der Waals surface area contributed by atoms with Crippen LogP contribution in [0.4, 0.5) is 0 Å². The van der Waals surface area contributed by atoms with Crippen LogP contribution in [0.1, 0.15) is 0 Å². The second-order valence-corrected chi connectivity index (χ2v) is 0. The van der Waals surface area contributed by atoms with Gasteiger partial charge < -0.3 is 0 Å². The van der Waals surface area contributed by atoms with E-state index in [0.717, 1.165) is 0 Å². The van der Waals surface area contributed by atoms with Crippen molar-refractivity contribution in [2.24, 2.45) is 0 Å². The van der Waals surface area contributed by atoms with Gasteiger partial charge in [-0.1, -0.05) is 0 Å². The van der Waals surface area contributed by atoms with Crippen LogP contribution >= 0.6 is 13.5 Å². The van der Waals surface area contributed by atoms with Crippen LogP contribution in [0.5, 0.6) is 0 Å². The van der Waals surface area contributed by atoms with Crippen molar-refractivity contribution >= 4 is 55.0 Å². The number of hydrogen-bond acceptors (Lipinski definition) is 0. The van der Waals surface area contributed by atoms with E-state index in [0.29, 0.717) is 0 Å². The molecule has 0 fully saturated rings. The van der Waals surface area contributed by atoms with Crippen LogP contribution in [0.15, 0.2) is 0 Å². The second-order valence-electron chi connectivity index (χ2n) is 0. The molecule has 33 valence electrons. The Labute approximate surface area is 71.3 Å². The molecule has 0 saturated carbocycles. The van der Waals surface area contributed by atoms with Gasteiger partial charge in [-0.2, -0.15) is 13.5 Å². The zero-order valence-corrected chi connectivity index (χ0v) is 7.49. The minimum absolute atomic E-state index is 0. The predicted octanol–water partition coefficient (Wildman–Crippen LogP) is -2.26. The van der Waals surface area contributed by atoms with Crippen molar-refractivity contribution in [3.05, 3.63) is 0 Å². The first-order valence-electron chi connectivity index (χ1n) is 0. The van der Waals surface area contributed by atoms with Crippen LogP contribution in [-0.2, 0) is 17.1 Å². The van der Waals surface area contributed by atoms with Gasteiger partial charge in [0.1, 0.15) is 0 Å². The van der Waals surface area contributed by atoms with Crippen LogP contribution in [0.2, 0.25) is 0 Å². The summed E-state index contributed by atoms with van der Waals surface area (Å²) in [4.78, 5) is 0. The van der Waals surface area contributed by atoms with Crippen molar-refractivity contribution in [2.75, 3.05) is 0 Å². The van der Waals surface area contributed by atoms with Crippen molar-refractivity contribution in [3.63, 3.8) is 0 Å². The molecule has 4 heteroatoms. The summed E-state index contributed by atoms with van der Waals surface area (Å²) in [6.07, 6.45) is 0. The summed E-state index contributed by atoms with van der Waals surface area (Å²) >= 11 is 0. The van der Waals surface area contributed by atoms with Crippen molar-refractivity contribution in [2.45, 2.75) is 0 Å². The van der Waals surface area contributed by atoms with E-state index in [9.17, 15) is 0 Å². The van der Waals surface area contributed by atoms with Crippen molar-refractivity contribution in [1.82, 2.24) is 0 Å². The Morgan fingerprint density at radius 1 is 1.00 bits per heavy atom. The van der Waals surface area contributed by atoms with Crippen LogP contribution in [0, 0.1) is 0 Å². The molecule has 0 heterocycles. The molecular weight excluding hydrogens is 287 g/mol. The minimum atomic E-state index is 0. The first-order chi connectivity index (χ1) is 0. The Bertz CT molecular complexity index is 8.00. The van der Waals surface area contributed by atoms with Crippen LogP contribution in [-0.4, -0.2) is 41.5 Å². The van der Waals surface area contributed by atoms with Crippen molar-refractivity contribution < 1.29 is 17.1 Å². The Morgan fingerprint density at radius 2 is 1.00 bits per heavy atom. The molecule has 0 aliphatic heterocycles. The molecule has 0 aromatic heterocycles. The van der Waals surface area contributed by atoms with Gasteiger partial charge in [-0.15, -0.1) is 0 Å². The van der Waals surface area contributed by atoms with E-state index >= 15 is 0 Å². The molecule has 0 aromatic rings. The third-order valence-corrected chi connectivity index (χ3v) is 0. The predicted molar refractivity (Wildman–Crippen MR) is 30.3 cm³/mol. The van der Waals surface area contributed by atoms with E-state index in [-0.39, 0.29) is 72.1 Å². The van der Waals surface area contributed by atoms with Crippen molar-refractivity contribution in [3.8, 4) is 0 Å². The third kappa shape index (κ3) is 8.88. The molecule has 0 rings (SSSR count). The molecule has 0 amide bonds. The van der Waals surface area contributed by atoms with Gasteiger partial charge in [-0.3, -0.25) is 0 Å². The fourth-order valence-electron chi connectivity index (χ4n) is 0. The maximum atomic E-state index is 0. The van der Waals surface area contributed by atoms with E-state index in [1.54, 1.807) is 0 Å². The van der Waals surface area contributed by atoms with E-state index in [2.05, 4.69) is 0 Å². The van der Waals surface area contributed by atoms with Gasteiger partial charge in [0.25, 0.3) is 0 Å². The fourth-order valence-corrected chi connectivity index (χ4v) is 0. The molecule has 0 atom stereocenters. The van der Waals surface area contributed by atoms with Gasteiger partial charge >= 0.3 is 41.5 Å². The molecule has 0 bridgehead atoms. The van der Waals surface area contributed by atoms with Gasteiger partial charge in [0.15, 0.2) is 0 Å². The van der Waals surface area contributed by atoms with Gasteiger partial charge in [-0.25, -0.2) is 0 Å². The normalized spacial score (nSPS) is 0. The first-order valence-corrected chi connectivity index (χ1v) is 0. The molecule has 0 aromatic carbocycles. The molecule has 0 nitrogen and oxygen atoms in total. The van der Waals surface area contributed by atoms with Gasteiger partial charge in [0, 0.05) is 17.1 Å². The molecule has 0 aliphatic rings. The average Bonchev–Trinajstić information content (AvgIpc) is 0. The topological polar surface area (TPSA) is 0 Å². The Morgan fingerprint density at radius 3 is 1.00 bits per heavy atom. The maximum absolute atomic E-state index is 0. The van der Waals surface area contributed by atoms with E-state index in [4.69, 9.17) is 0 Å². The Balaban J connectivity index is 0. The molecule has 3 radical (unpaired) electrons. The summed E-state index contributed by atoms with van der Waals surface area (Å²) in [5, 5.41) is 0. The first kappa shape index (κ1) is 34.5. The monoisotopic (exact) mass is 297 g/mol. The summed E-state index contributed by atoms with van der Waals surface area (Å²) in [7, 11) is 0. The summed E-state index contributed by atoms with van der Waals surface area (Å²) < 4.78 is 0. The van der Waals surface area contributed by atoms with Crippen LogP contribution in [0.25, 0.3) is 0 Å². The molecule has 0 unspecified atom stereocenters. The van der Waals surface area contributed by atoms with E-state index in [1.807, 2.05) is 0 Å². The molecule has 0 saturated heterocycles. The van der Waals surface area contributed by atoms with Gasteiger partial charge in [0.05, 0.1) is 0 Å². The number of hydrogen-bond donors (Lipinski definition) is 0. The van der Waals surface area contributed by atoms with Crippen LogP contribution < -0.4 is 0 Å². The molecular formula is H8CuGeSSn. The fraction of sp³-hybridized carbons (Fsp3) is 0. The van der Waals surface area contributed by atoms with Crippen molar-refractivity contribution in [1.29, 1.82) is 0 Å². The van der Waals surface area contributed by atoms with Crippen LogP contribution in [0.3, 0.4) is 0 Å². The second kappa shape index (κ2) is 18.9. The quantitative estimate of drug-likeness (QED) is 0.443. The zero-order valence-electron chi connectivity index (χ0n) is 1.51. The van der Waals surface area contributed by atoms with E-state index in [1.165, 1.54) is 0 Å². The Hall–Kier alpha value is 2.21. The molecule has 0 aliphatic carbocycles. The summed E-state index contributed by atoms with van der Waals surface area (Å²) in [5.74, 6) is 0. The molecule has 0 spiro atoms. The summed E-state index contributed by atoms with van der Waals surface area (Å²) in [5.41, 5.74) is 0. The molecule has 0 N–H and O–H groups in total. The Kier molecular flexibility index (Phi) is 163. The standard InChI is InChI=1S/Cu.GeH4.H2S.Sn.2H/h;1H4;1H2;;;. The van der Waals surface area contributed by atoms with Gasteiger partial charge in [0.2, 0.25) is 0 Å². The zero-order chi connectivity index (χ0) is 0. The average molecular weight is 295 g/mol. The third-order valence-electron chi connectivity index (χ3n) is 0. The van der Waals surface area contributed by atoms with Gasteiger partial charge in [-0.05, 0) is 0 Å². The summed E-state index contributed by atoms with van der Waals surface area (Å²) in [6.45, 7) is 0. The molecule has 4 heavy (non-hydrogen) atoms.